The number of rotatable bonds is 7. The molecule has 0 aliphatic rings. The molecular weight excluding hydrogens is 472 g/mol. The summed E-state index contributed by atoms with van der Waals surface area (Å²) in [4.78, 5) is 24.0. The number of carbonyl (C=O) groups is 2. The Morgan fingerprint density at radius 1 is 1.00 bits per heavy atom. The SMILES string of the molecule is O=C(COc1ccccc1Br)N/N=C/c1ccc(OC(=O)c2ccccc2Cl)cc1. The number of hydrogen-bond acceptors (Lipinski definition) is 5. The molecule has 0 aromatic heterocycles. The van der Waals surface area contributed by atoms with Crippen LogP contribution in [0, 0.1) is 0 Å². The summed E-state index contributed by atoms with van der Waals surface area (Å²) in [6.45, 7) is -0.170. The van der Waals surface area contributed by atoms with Gasteiger partial charge in [-0.2, -0.15) is 5.10 Å². The van der Waals surface area contributed by atoms with Crippen LogP contribution in [0.5, 0.6) is 11.5 Å². The van der Waals surface area contributed by atoms with Gasteiger partial charge in [-0.15, -0.1) is 0 Å². The van der Waals surface area contributed by atoms with Crippen molar-refractivity contribution in [3.05, 3.63) is 93.4 Å². The van der Waals surface area contributed by atoms with E-state index in [0.717, 1.165) is 4.47 Å². The maximum absolute atomic E-state index is 12.2. The van der Waals surface area contributed by atoms with Gasteiger partial charge in [-0.25, -0.2) is 10.2 Å². The fourth-order valence-electron chi connectivity index (χ4n) is 2.33. The second kappa shape index (κ2) is 10.6. The second-order valence-corrected chi connectivity index (χ2v) is 7.21. The van der Waals surface area contributed by atoms with E-state index in [2.05, 4.69) is 26.5 Å². The highest BCUT2D eigenvalue weighted by Gasteiger charge is 2.12. The Hall–Kier alpha value is -3.16. The molecule has 8 heteroatoms. The van der Waals surface area contributed by atoms with Crippen molar-refractivity contribution in [2.75, 3.05) is 6.61 Å². The van der Waals surface area contributed by atoms with Gasteiger partial charge in [-0.3, -0.25) is 4.79 Å². The summed E-state index contributed by atoms with van der Waals surface area (Å²) in [5.41, 5.74) is 3.38. The Morgan fingerprint density at radius 2 is 1.70 bits per heavy atom. The molecule has 3 aromatic rings. The number of amides is 1. The second-order valence-electron chi connectivity index (χ2n) is 5.95. The number of nitrogens with zero attached hydrogens (tertiary/aromatic N) is 1. The maximum atomic E-state index is 12.2. The lowest BCUT2D eigenvalue weighted by Gasteiger charge is -2.06. The van der Waals surface area contributed by atoms with E-state index >= 15 is 0 Å². The lowest BCUT2D eigenvalue weighted by molar-refractivity contribution is -0.123. The highest BCUT2D eigenvalue weighted by Crippen LogP contribution is 2.23. The van der Waals surface area contributed by atoms with E-state index in [1.165, 1.54) is 6.21 Å². The molecule has 0 saturated carbocycles. The van der Waals surface area contributed by atoms with E-state index in [1.54, 1.807) is 54.6 Å². The van der Waals surface area contributed by atoms with Crippen LogP contribution in [0.15, 0.2) is 82.4 Å². The molecule has 1 amide bonds. The predicted molar refractivity (Wildman–Crippen MR) is 118 cm³/mol. The van der Waals surface area contributed by atoms with Crippen LogP contribution in [-0.2, 0) is 4.79 Å². The molecule has 3 rings (SSSR count). The molecule has 3 aromatic carbocycles. The molecule has 0 bridgehead atoms. The first-order valence-corrected chi connectivity index (χ1v) is 9.96. The van der Waals surface area contributed by atoms with E-state index in [1.807, 2.05) is 18.2 Å². The molecule has 0 unspecified atom stereocenters. The third kappa shape index (κ3) is 6.17. The van der Waals surface area contributed by atoms with Crippen molar-refractivity contribution < 1.29 is 19.1 Å². The van der Waals surface area contributed by atoms with E-state index < -0.39 is 11.9 Å². The summed E-state index contributed by atoms with van der Waals surface area (Å²) in [7, 11) is 0. The minimum Gasteiger partial charge on any atom is -0.483 e. The third-order valence-electron chi connectivity index (χ3n) is 3.78. The Bertz CT molecular complexity index is 1070. The standard InChI is InChI=1S/C22H16BrClN2O4/c23-18-6-2-4-8-20(18)29-14-21(27)26-25-13-15-9-11-16(12-10-15)30-22(28)17-5-1-3-7-19(17)24/h1-13H,14H2,(H,26,27)/b25-13+. The molecule has 0 fully saturated rings. The van der Waals surface area contributed by atoms with Gasteiger partial charge in [0, 0.05) is 0 Å². The summed E-state index contributed by atoms with van der Waals surface area (Å²) >= 11 is 9.34. The van der Waals surface area contributed by atoms with Gasteiger partial charge < -0.3 is 9.47 Å². The number of ether oxygens (including phenoxy) is 2. The molecule has 0 saturated heterocycles. The van der Waals surface area contributed by atoms with E-state index in [9.17, 15) is 9.59 Å². The van der Waals surface area contributed by atoms with Gasteiger partial charge in [-0.05, 0) is 70.0 Å². The predicted octanol–water partition coefficient (Wildman–Crippen LogP) is 4.85. The van der Waals surface area contributed by atoms with Gasteiger partial charge in [0.15, 0.2) is 6.61 Å². The summed E-state index contributed by atoms with van der Waals surface area (Å²) in [6.07, 6.45) is 1.47. The van der Waals surface area contributed by atoms with Crippen LogP contribution in [0.3, 0.4) is 0 Å². The minimum atomic E-state index is -0.542. The fraction of sp³-hybridized carbons (Fsp3) is 0.0455. The highest BCUT2D eigenvalue weighted by molar-refractivity contribution is 9.10. The van der Waals surface area contributed by atoms with Crippen LogP contribution in [-0.4, -0.2) is 24.7 Å². The smallest absolute Gasteiger partial charge is 0.345 e. The van der Waals surface area contributed by atoms with Gasteiger partial charge in [-0.1, -0.05) is 35.9 Å². The molecule has 0 aliphatic carbocycles. The largest absolute Gasteiger partial charge is 0.483 e. The van der Waals surface area contributed by atoms with E-state index in [4.69, 9.17) is 21.1 Å². The normalized spacial score (nSPS) is 10.6. The molecule has 0 heterocycles. The summed E-state index contributed by atoms with van der Waals surface area (Å²) in [6, 6.07) is 20.5. The highest BCUT2D eigenvalue weighted by atomic mass is 79.9. The van der Waals surface area contributed by atoms with Crippen LogP contribution in [0.2, 0.25) is 5.02 Å². The zero-order chi connectivity index (χ0) is 21.3. The van der Waals surface area contributed by atoms with Gasteiger partial charge in [0.1, 0.15) is 11.5 Å². The minimum absolute atomic E-state index is 0.170. The molecule has 0 spiro atoms. The summed E-state index contributed by atoms with van der Waals surface area (Å²) in [5, 5.41) is 4.21. The van der Waals surface area contributed by atoms with E-state index in [0.29, 0.717) is 22.1 Å². The Morgan fingerprint density at radius 3 is 2.43 bits per heavy atom. The van der Waals surface area contributed by atoms with Crippen LogP contribution in [0.25, 0.3) is 0 Å². The van der Waals surface area contributed by atoms with Gasteiger partial charge in [0.25, 0.3) is 5.91 Å². The molecule has 30 heavy (non-hydrogen) atoms. The average molecular weight is 488 g/mol. The lowest BCUT2D eigenvalue weighted by atomic mass is 10.2. The van der Waals surface area contributed by atoms with Crippen molar-refractivity contribution in [3.8, 4) is 11.5 Å². The van der Waals surface area contributed by atoms with Crippen molar-refractivity contribution in [3.63, 3.8) is 0 Å². The quantitative estimate of drug-likeness (QED) is 0.224. The van der Waals surface area contributed by atoms with Crippen LogP contribution in [0.4, 0.5) is 0 Å². The first-order chi connectivity index (χ1) is 14.5. The number of para-hydroxylation sites is 1. The van der Waals surface area contributed by atoms with Crippen LogP contribution < -0.4 is 14.9 Å². The molecule has 152 valence electrons. The average Bonchev–Trinajstić information content (AvgIpc) is 2.74. The maximum Gasteiger partial charge on any atom is 0.345 e. The number of hydrogen-bond donors (Lipinski definition) is 1. The molecule has 1 N–H and O–H groups in total. The zero-order valence-electron chi connectivity index (χ0n) is 15.5. The Labute approximate surface area is 186 Å². The number of hydrazone groups is 1. The van der Waals surface area contributed by atoms with Gasteiger partial charge >= 0.3 is 5.97 Å². The summed E-state index contributed by atoms with van der Waals surface area (Å²) in [5.74, 6) is -0.00637. The lowest BCUT2D eigenvalue weighted by Crippen LogP contribution is -2.24. The number of halogens is 2. The van der Waals surface area contributed by atoms with Crippen molar-refractivity contribution >= 4 is 45.6 Å². The molecule has 0 atom stereocenters. The fourth-order valence-corrected chi connectivity index (χ4v) is 2.94. The van der Waals surface area contributed by atoms with Gasteiger partial charge in [0.05, 0.1) is 21.3 Å². The first-order valence-electron chi connectivity index (χ1n) is 8.79. The molecule has 0 radical (unpaired) electrons. The zero-order valence-corrected chi connectivity index (χ0v) is 17.9. The number of nitrogens with one attached hydrogen (secondary N) is 1. The molecule has 6 nitrogen and oxygen atoms in total. The van der Waals surface area contributed by atoms with E-state index in [-0.39, 0.29) is 12.2 Å². The number of carbonyl (C=O) groups excluding carboxylic acids is 2. The summed E-state index contributed by atoms with van der Waals surface area (Å²) < 4.78 is 11.5. The monoisotopic (exact) mass is 486 g/mol. The van der Waals surface area contributed by atoms with Crippen LogP contribution in [0.1, 0.15) is 15.9 Å². The van der Waals surface area contributed by atoms with Crippen LogP contribution >= 0.6 is 27.5 Å². The van der Waals surface area contributed by atoms with Crippen molar-refractivity contribution in [1.29, 1.82) is 0 Å². The van der Waals surface area contributed by atoms with Crippen molar-refractivity contribution in [2.45, 2.75) is 0 Å². The molecule has 0 aliphatic heterocycles. The third-order valence-corrected chi connectivity index (χ3v) is 4.77. The topological polar surface area (TPSA) is 77.0 Å². The molecular formula is C22H16BrClN2O4. The first kappa shape index (κ1) is 21.5. The van der Waals surface area contributed by atoms with Gasteiger partial charge in [0.2, 0.25) is 0 Å². The number of benzene rings is 3. The van der Waals surface area contributed by atoms with Crippen molar-refractivity contribution in [2.24, 2.45) is 5.10 Å². The van der Waals surface area contributed by atoms with Crippen molar-refractivity contribution in [1.82, 2.24) is 5.43 Å². The Balaban J connectivity index is 1.48. The number of esters is 1. The Kier molecular flexibility index (Phi) is 7.59.